The summed E-state index contributed by atoms with van der Waals surface area (Å²) in [7, 11) is -0.746. The van der Waals surface area contributed by atoms with Crippen LogP contribution in [0.15, 0.2) is 22.7 Å². The largest absolute Gasteiger partial charge is 0.507 e. The average Bonchev–Trinajstić information content (AvgIpc) is 2.28. The zero-order valence-electron chi connectivity index (χ0n) is 10.1. The van der Waals surface area contributed by atoms with E-state index in [1.54, 1.807) is 12.3 Å². The van der Waals surface area contributed by atoms with Gasteiger partial charge in [-0.15, -0.1) is 0 Å². The molecule has 1 rings (SSSR count). The van der Waals surface area contributed by atoms with Gasteiger partial charge in [0.15, 0.2) is 0 Å². The molecular weight excluding hydrogens is 302 g/mol. The summed E-state index contributed by atoms with van der Waals surface area (Å²) in [6, 6.07) is 5.45. The fraction of sp³-hybridized carbons (Fsp3) is 0.500. The SMILES string of the molecule is CC(CCNCc1ccc(O)c(Br)c1)S(C)=O. The molecule has 5 heteroatoms. The number of phenols is 1. The van der Waals surface area contributed by atoms with Crippen molar-refractivity contribution >= 4 is 26.7 Å². The van der Waals surface area contributed by atoms with Gasteiger partial charge in [-0.1, -0.05) is 13.0 Å². The molecule has 0 saturated carbocycles. The number of hydrogen-bond donors (Lipinski definition) is 2. The van der Waals surface area contributed by atoms with Crippen molar-refractivity contribution in [1.29, 1.82) is 0 Å². The third-order valence-corrected chi connectivity index (χ3v) is 4.64. The second kappa shape index (κ2) is 7.13. The molecule has 1 aromatic carbocycles. The molecule has 0 saturated heterocycles. The van der Waals surface area contributed by atoms with Gasteiger partial charge in [-0.2, -0.15) is 0 Å². The van der Waals surface area contributed by atoms with Crippen LogP contribution in [0.3, 0.4) is 0 Å². The van der Waals surface area contributed by atoms with E-state index < -0.39 is 10.8 Å². The maximum Gasteiger partial charge on any atom is 0.129 e. The van der Waals surface area contributed by atoms with Gasteiger partial charge in [0.2, 0.25) is 0 Å². The van der Waals surface area contributed by atoms with Crippen LogP contribution in [0.5, 0.6) is 5.75 Å². The summed E-state index contributed by atoms with van der Waals surface area (Å²) in [6.07, 6.45) is 2.64. The predicted octanol–water partition coefficient (Wildman–Crippen LogP) is 2.40. The van der Waals surface area contributed by atoms with Gasteiger partial charge in [-0.3, -0.25) is 4.21 Å². The second-order valence-corrected chi connectivity index (χ2v) is 6.72. The molecule has 1 aromatic rings. The molecule has 3 nitrogen and oxygen atoms in total. The van der Waals surface area contributed by atoms with E-state index in [1.165, 1.54) is 0 Å². The van der Waals surface area contributed by atoms with Gasteiger partial charge in [-0.25, -0.2) is 0 Å². The molecule has 0 spiro atoms. The Hall–Kier alpha value is -0.390. The first-order valence-corrected chi connectivity index (χ1v) is 7.92. The molecular formula is C12H18BrNO2S. The monoisotopic (exact) mass is 319 g/mol. The van der Waals surface area contributed by atoms with Gasteiger partial charge in [0.25, 0.3) is 0 Å². The molecule has 0 aromatic heterocycles. The number of phenolic OH excluding ortho intramolecular Hbond substituents is 1. The summed E-state index contributed by atoms with van der Waals surface area (Å²) in [5.41, 5.74) is 1.11. The summed E-state index contributed by atoms with van der Waals surface area (Å²) in [4.78, 5) is 0. The number of rotatable bonds is 6. The molecule has 17 heavy (non-hydrogen) atoms. The minimum absolute atomic E-state index is 0.231. The van der Waals surface area contributed by atoms with E-state index in [2.05, 4.69) is 21.2 Å². The second-order valence-electron chi connectivity index (χ2n) is 4.06. The fourth-order valence-electron chi connectivity index (χ4n) is 1.36. The third kappa shape index (κ3) is 5.19. The standard InChI is InChI=1S/C12H18BrNO2S/c1-9(17(2)16)5-6-14-8-10-3-4-12(15)11(13)7-10/h3-4,7,9,14-15H,5-6,8H2,1-2H3. The van der Waals surface area contributed by atoms with Crippen molar-refractivity contribution in [3.8, 4) is 5.75 Å². The summed E-state index contributed by atoms with van der Waals surface area (Å²) in [6.45, 7) is 3.59. The first kappa shape index (κ1) is 14.7. The predicted molar refractivity (Wildman–Crippen MR) is 75.7 cm³/mol. The lowest BCUT2D eigenvalue weighted by atomic mass is 10.2. The van der Waals surface area contributed by atoms with Crippen molar-refractivity contribution in [3.63, 3.8) is 0 Å². The number of nitrogens with one attached hydrogen (secondary N) is 1. The summed E-state index contributed by atoms with van der Waals surface area (Å²) < 4.78 is 11.8. The van der Waals surface area contributed by atoms with Crippen molar-refractivity contribution < 1.29 is 9.32 Å². The minimum atomic E-state index is -0.746. The van der Waals surface area contributed by atoms with Crippen molar-refractivity contribution in [3.05, 3.63) is 28.2 Å². The van der Waals surface area contributed by atoms with Crippen LogP contribution in [0, 0.1) is 0 Å². The maximum absolute atomic E-state index is 11.1. The molecule has 0 fully saturated rings. The van der Waals surface area contributed by atoms with Gasteiger partial charge >= 0.3 is 0 Å². The fourth-order valence-corrected chi connectivity index (χ4v) is 2.24. The van der Waals surface area contributed by atoms with Crippen molar-refractivity contribution in [2.24, 2.45) is 0 Å². The Balaban J connectivity index is 2.31. The Kier molecular flexibility index (Phi) is 6.16. The first-order chi connectivity index (χ1) is 8.00. The molecule has 0 amide bonds. The van der Waals surface area contributed by atoms with Gasteiger partial charge in [0.1, 0.15) is 5.75 Å². The van der Waals surface area contributed by atoms with Crippen LogP contribution in [0.4, 0.5) is 0 Å². The Labute approximate surface area is 113 Å². The maximum atomic E-state index is 11.1. The van der Waals surface area contributed by atoms with Crippen LogP contribution in [-0.4, -0.2) is 27.4 Å². The molecule has 0 aliphatic carbocycles. The smallest absolute Gasteiger partial charge is 0.129 e. The number of halogens is 1. The topological polar surface area (TPSA) is 49.3 Å². The van der Waals surface area contributed by atoms with Crippen molar-refractivity contribution in [1.82, 2.24) is 5.32 Å². The number of benzene rings is 1. The summed E-state index contributed by atoms with van der Waals surface area (Å²) in [5.74, 6) is 0.253. The van der Waals surface area contributed by atoms with Gasteiger partial charge in [0, 0.05) is 28.9 Å². The molecule has 0 radical (unpaired) electrons. The Morgan fingerprint density at radius 1 is 1.53 bits per heavy atom. The van der Waals surface area contributed by atoms with E-state index in [-0.39, 0.29) is 11.0 Å². The minimum Gasteiger partial charge on any atom is -0.507 e. The summed E-state index contributed by atoms with van der Waals surface area (Å²) in [5, 5.41) is 12.9. The van der Waals surface area contributed by atoms with Crippen LogP contribution in [0.25, 0.3) is 0 Å². The van der Waals surface area contributed by atoms with E-state index in [1.807, 2.05) is 19.1 Å². The highest BCUT2D eigenvalue weighted by Gasteiger charge is 2.05. The highest BCUT2D eigenvalue weighted by Crippen LogP contribution is 2.24. The van der Waals surface area contributed by atoms with E-state index in [0.717, 1.165) is 25.1 Å². The lowest BCUT2D eigenvalue weighted by molar-refractivity contribution is 0.471. The van der Waals surface area contributed by atoms with Gasteiger partial charge < -0.3 is 10.4 Å². The molecule has 2 unspecified atom stereocenters. The normalized spacial score (nSPS) is 14.5. The zero-order chi connectivity index (χ0) is 12.8. The zero-order valence-corrected chi connectivity index (χ0v) is 12.5. The van der Waals surface area contributed by atoms with Crippen LogP contribution in [0.1, 0.15) is 18.9 Å². The molecule has 2 atom stereocenters. The van der Waals surface area contributed by atoms with Crippen molar-refractivity contribution in [2.45, 2.75) is 25.1 Å². The number of hydrogen-bond acceptors (Lipinski definition) is 3. The molecule has 2 N–H and O–H groups in total. The first-order valence-electron chi connectivity index (χ1n) is 5.51. The van der Waals surface area contributed by atoms with E-state index in [4.69, 9.17) is 0 Å². The Bertz CT molecular complexity index is 398. The molecule has 0 heterocycles. The van der Waals surface area contributed by atoms with E-state index in [0.29, 0.717) is 4.47 Å². The molecule has 96 valence electrons. The molecule has 0 aliphatic rings. The van der Waals surface area contributed by atoms with Crippen LogP contribution < -0.4 is 5.32 Å². The van der Waals surface area contributed by atoms with Crippen LogP contribution >= 0.6 is 15.9 Å². The van der Waals surface area contributed by atoms with Crippen LogP contribution in [0.2, 0.25) is 0 Å². The quantitative estimate of drug-likeness (QED) is 0.792. The lowest BCUT2D eigenvalue weighted by Gasteiger charge is -2.09. The Morgan fingerprint density at radius 2 is 2.24 bits per heavy atom. The average molecular weight is 320 g/mol. The third-order valence-electron chi connectivity index (χ3n) is 2.64. The molecule has 0 aliphatic heterocycles. The Morgan fingerprint density at radius 3 is 2.82 bits per heavy atom. The lowest BCUT2D eigenvalue weighted by Crippen LogP contribution is -2.20. The molecule has 0 bridgehead atoms. The van der Waals surface area contributed by atoms with Crippen LogP contribution in [-0.2, 0) is 17.3 Å². The van der Waals surface area contributed by atoms with E-state index >= 15 is 0 Å². The highest BCUT2D eigenvalue weighted by molar-refractivity contribution is 9.10. The van der Waals surface area contributed by atoms with Gasteiger partial charge in [0.05, 0.1) is 4.47 Å². The highest BCUT2D eigenvalue weighted by atomic mass is 79.9. The number of aromatic hydroxyl groups is 1. The summed E-state index contributed by atoms with van der Waals surface area (Å²) >= 11 is 3.28. The van der Waals surface area contributed by atoms with E-state index in [9.17, 15) is 9.32 Å². The van der Waals surface area contributed by atoms with Crippen molar-refractivity contribution in [2.75, 3.05) is 12.8 Å². The van der Waals surface area contributed by atoms with Gasteiger partial charge in [-0.05, 0) is 46.6 Å².